The Labute approximate surface area is 150 Å². The SMILES string of the molecule is COc1ccc(-c2ocnc2-c2cc(CO)c(CO)c(OC)c2)cc1O. The molecule has 0 spiro atoms. The minimum absolute atomic E-state index is 0.0170. The lowest BCUT2D eigenvalue weighted by molar-refractivity contribution is 0.254. The van der Waals surface area contributed by atoms with Crippen molar-refractivity contribution in [2.75, 3.05) is 14.2 Å². The van der Waals surface area contributed by atoms with Gasteiger partial charge in [0.05, 0.1) is 27.4 Å². The lowest BCUT2D eigenvalue weighted by Gasteiger charge is -2.13. The molecule has 1 heterocycles. The summed E-state index contributed by atoms with van der Waals surface area (Å²) in [5.74, 6) is 1.23. The first kappa shape index (κ1) is 17.8. The molecular formula is C19H19NO6. The third-order valence-electron chi connectivity index (χ3n) is 4.13. The molecule has 7 nitrogen and oxygen atoms in total. The highest BCUT2D eigenvalue weighted by atomic mass is 16.5. The van der Waals surface area contributed by atoms with Crippen molar-refractivity contribution in [3.05, 3.63) is 47.9 Å². The number of hydrogen-bond acceptors (Lipinski definition) is 7. The van der Waals surface area contributed by atoms with Gasteiger partial charge in [-0.2, -0.15) is 0 Å². The quantitative estimate of drug-likeness (QED) is 0.623. The van der Waals surface area contributed by atoms with Crippen LogP contribution in [0.2, 0.25) is 0 Å². The molecule has 26 heavy (non-hydrogen) atoms. The summed E-state index contributed by atoms with van der Waals surface area (Å²) in [5.41, 5.74) is 2.85. The van der Waals surface area contributed by atoms with Gasteiger partial charge >= 0.3 is 0 Å². The van der Waals surface area contributed by atoms with Crippen LogP contribution in [0.3, 0.4) is 0 Å². The van der Waals surface area contributed by atoms with Crippen molar-refractivity contribution in [1.29, 1.82) is 0 Å². The van der Waals surface area contributed by atoms with Gasteiger partial charge in [-0.15, -0.1) is 0 Å². The minimum Gasteiger partial charge on any atom is -0.504 e. The van der Waals surface area contributed by atoms with E-state index in [9.17, 15) is 15.3 Å². The van der Waals surface area contributed by atoms with Crippen LogP contribution in [0.4, 0.5) is 0 Å². The standard InChI is InChI=1S/C19H19NO6/c1-24-16-4-3-11(6-15(16)23)19-18(20-10-26-19)12-5-13(8-21)14(9-22)17(7-12)25-2/h3-7,10,21-23H,8-9H2,1-2H3. The number of hydrogen-bond donors (Lipinski definition) is 3. The molecule has 2 aromatic carbocycles. The van der Waals surface area contributed by atoms with E-state index in [0.29, 0.717) is 45.2 Å². The molecule has 0 aliphatic carbocycles. The number of phenols is 1. The van der Waals surface area contributed by atoms with Gasteiger partial charge in [0, 0.05) is 16.7 Å². The third-order valence-corrected chi connectivity index (χ3v) is 4.13. The van der Waals surface area contributed by atoms with Crippen molar-refractivity contribution in [2.45, 2.75) is 13.2 Å². The van der Waals surface area contributed by atoms with Crippen LogP contribution in [0.25, 0.3) is 22.6 Å². The highest BCUT2D eigenvalue weighted by Crippen LogP contribution is 2.38. The minimum atomic E-state index is -0.253. The average Bonchev–Trinajstić information content (AvgIpc) is 3.16. The van der Waals surface area contributed by atoms with E-state index in [1.807, 2.05) is 0 Å². The first-order valence-corrected chi connectivity index (χ1v) is 7.85. The molecule has 3 N–H and O–H groups in total. The summed E-state index contributed by atoms with van der Waals surface area (Å²) < 4.78 is 15.9. The molecule has 0 saturated heterocycles. The number of aliphatic hydroxyl groups excluding tert-OH is 2. The maximum Gasteiger partial charge on any atom is 0.182 e. The first-order valence-electron chi connectivity index (χ1n) is 7.85. The number of benzene rings is 2. The zero-order valence-corrected chi connectivity index (χ0v) is 14.4. The summed E-state index contributed by atoms with van der Waals surface area (Å²) in [5, 5.41) is 29.2. The van der Waals surface area contributed by atoms with Crippen molar-refractivity contribution in [2.24, 2.45) is 0 Å². The number of methoxy groups -OCH3 is 2. The van der Waals surface area contributed by atoms with Crippen LogP contribution in [0.5, 0.6) is 17.2 Å². The summed E-state index contributed by atoms with van der Waals surface area (Å²) in [4.78, 5) is 4.26. The molecular weight excluding hydrogens is 338 g/mol. The molecule has 0 radical (unpaired) electrons. The molecule has 0 unspecified atom stereocenters. The van der Waals surface area contributed by atoms with Crippen molar-refractivity contribution >= 4 is 0 Å². The largest absolute Gasteiger partial charge is 0.504 e. The van der Waals surface area contributed by atoms with Crippen LogP contribution in [-0.4, -0.2) is 34.5 Å². The van der Waals surface area contributed by atoms with E-state index in [1.54, 1.807) is 24.3 Å². The fraction of sp³-hybridized carbons (Fsp3) is 0.211. The molecule has 136 valence electrons. The summed E-state index contributed by atoms with van der Waals surface area (Å²) in [6.07, 6.45) is 1.30. The molecule has 0 amide bonds. The van der Waals surface area contributed by atoms with E-state index >= 15 is 0 Å². The number of oxazole rings is 1. The third kappa shape index (κ3) is 3.10. The van der Waals surface area contributed by atoms with Crippen LogP contribution in [0, 0.1) is 0 Å². The van der Waals surface area contributed by atoms with Crippen molar-refractivity contribution in [3.63, 3.8) is 0 Å². The van der Waals surface area contributed by atoms with Gasteiger partial charge in [0.15, 0.2) is 23.7 Å². The molecule has 1 aromatic heterocycles. The Bertz CT molecular complexity index is 893. The summed E-state index contributed by atoms with van der Waals surface area (Å²) in [7, 11) is 2.96. The molecule has 3 aromatic rings. The Hall–Kier alpha value is -3.03. The van der Waals surface area contributed by atoms with Gasteiger partial charge in [0.25, 0.3) is 0 Å². The highest BCUT2D eigenvalue weighted by Gasteiger charge is 2.18. The fourth-order valence-electron chi connectivity index (χ4n) is 2.83. The van der Waals surface area contributed by atoms with E-state index in [1.165, 1.54) is 26.7 Å². The van der Waals surface area contributed by atoms with Crippen molar-refractivity contribution in [3.8, 4) is 39.8 Å². The molecule has 3 rings (SSSR count). The maximum atomic E-state index is 10.0. The Kier molecular flexibility index (Phi) is 5.11. The first-order chi connectivity index (χ1) is 12.6. The van der Waals surface area contributed by atoms with Crippen LogP contribution in [0.15, 0.2) is 41.1 Å². The van der Waals surface area contributed by atoms with Gasteiger partial charge in [0.2, 0.25) is 0 Å². The Morgan fingerprint density at radius 2 is 1.73 bits per heavy atom. The van der Waals surface area contributed by atoms with Crippen LogP contribution in [-0.2, 0) is 13.2 Å². The predicted molar refractivity (Wildman–Crippen MR) is 94.0 cm³/mol. The van der Waals surface area contributed by atoms with Crippen LogP contribution in [0.1, 0.15) is 11.1 Å². The van der Waals surface area contributed by atoms with Gasteiger partial charge in [0.1, 0.15) is 11.4 Å². The van der Waals surface area contributed by atoms with Gasteiger partial charge in [-0.3, -0.25) is 0 Å². The van der Waals surface area contributed by atoms with Gasteiger partial charge in [-0.05, 0) is 35.9 Å². The molecule has 0 saturated carbocycles. The number of nitrogens with zero attached hydrogens (tertiary/aromatic N) is 1. The Morgan fingerprint density at radius 3 is 2.35 bits per heavy atom. The average molecular weight is 357 g/mol. The summed E-state index contributed by atoms with van der Waals surface area (Å²) in [6.45, 7) is -0.506. The second-order valence-electron chi connectivity index (χ2n) is 5.55. The van der Waals surface area contributed by atoms with Gasteiger partial charge < -0.3 is 29.2 Å². The number of ether oxygens (including phenoxy) is 2. The number of aliphatic hydroxyl groups is 2. The summed E-state index contributed by atoms with van der Waals surface area (Å²) in [6, 6.07) is 8.34. The number of rotatable bonds is 6. The van der Waals surface area contributed by atoms with E-state index in [0.717, 1.165) is 0 Å². The smallest absolute Gasteiger partial charge is 0.182 e. The van der Waals surface area contributed by atoms with Crippen LogP contribution >= 0.6 is 0 Å². The topological polar surface area (TPSA) is 105 Å². The van der Waals surface area contributed by atoms with Gasteiger partial charge in [-0.1, -0.05) is 0 Å². The van der Waals surface area contributed by atoms with Crippen molar-refractivity contribution < 1.29 is 29.2 Å². The van der Waals surface area contributed by atoms with Gasteiger partial charge in [-0.25, -0.2) is 4.98 Å². The number of aromatic nitrogens is 1. The Morgan fingerprint density at radius 1 is 0.962 bits per heavy atom. The normalized spacial score (nSPS) is 10.8. The molecule has 0 bridgehead atoms. The molecule has 0 aliphatic rings. The van der Waals surface area contributed by atoms with E-state index in [4.69, 9.17) is 13.9 Å². The van der Waals surface area contributed by atoms with Crippen molar-refractivity contribution in [1.82, 2.24) is 4.98 Å². The zero-order valence-electron chi connectivity index (χ0n) is 14.4. The second-order valence-corrected chi connectivity index (χ2v) is 5.55. The molecule has 0 atom stereocenters. The monoisotopic (exact) mass is 357 g/mol. The summed E-state index contributed by atoms with van der Waals surface area (Å²) >= 11 is 0. The fourth-order valence-corrected chi connectivity index (χ4v) is 2.83. The maximum absolute atomic E-state index is 10.0. The van der Waals surface area contributed by atoms with E-state index in [-0.39, 0.29) is 19.0 Å². The number of phenolic OH excluding ortho intramolecular Hbond substituents is 1. The van der Waals surface area contributed by atoms with E-state index < -0.39 is 0 Å². The lowest BCUT2D eigenvalue weighted by atomic mass is 9.99. The molecule has 0 aliphatic heterocycles. The Balaban J connectivity index is 2.13. The number of aromatic hydroxyl groups is 1. The van der Waals surface area contributed by atoms with E-state index in [2.05, 4.69) is 4.98 Å². The molecule has 7 heteroatoms. The lowest BCUT2D eigenvalue weighted by Crippen LogP contribution is -2.00. The van der Waals surface area contributed by atoms with Crippen LogP contribution < -0.4 is 9.47 Å². The molecule has 0 fully saturated rings. The predicted octanol–water partition coefficient (Wildman–Crippen LogP) is 2.72. The second kappa shape index (κ2) is 7.47. The highest BCUT2D eigenvalue weighted by molar-refractivity contribution is 5.79. The zero-order chi connectivity index (χ0) is 18.7.